The summed E-state index contributed by atoms with van der Waals surface area (Å²) in [6.07, 6.45) is 5.11. The van der Waals surface area contributed by atoms with Crippen LogP contribution in [-0.4, -0.2) is 25.4 Å². The lowest BCUT2D eigenvalue weighted by Crippen LogP contribution is -2.09. The van der Waals surface area contributed by atoms with Crippen molar-refractivity contribution in [3.63, 3.8) is 0 Å². The van der Waals surface area contributed by atoms with Crippen LogP contribution in [0.1, 0.15) is 25.5 Å². The molecule has 0 radical (unpaired) electrons. The van der Waals surface area contributed by atoms with Crippen LogP contribution in [0.4, 0.5) is 11.5 Å². The van der Waals surface area contributed by atoms with E-state index in [4.69, 9.17) is 0 Å². The van der Waals surface area contributed by atoms with Gasteiger partial charge in [-0.15, -0.1) is 0 Å². The van der Waals surface area contributed by atoms with Crippen LogP contribution in [0, 0.1) is 0 Å². The van der Waals surface area contributed by atoms with Gasteiger partial charge in [0.2, 0.25) is 5.91 Å². The van der Waals surface area contributed by atoms with Crippen molar-refractivity contribution in [3.05, 3.63) is 72.8 Å². The average molecular weight is 372 g/mol. The van der Waals surface area contributed by atoms with E-state index in [0.717, 1.165) is 11.0 Å². The number of amides is 1. The van der Waals surface area contributed by atoms with Crippen molar-refractivity contribution in [2.45, 2.75) is 19.9 Å². The summed E-state index contributed by atoms with van der Waals surface area (Å²) in [7, 11) is 0. The minimum Gasteiger partial charge on any atom is -0.362 e. The molecule has 0 aliphatic carbocycles. The zero-order valence-corrected chi connectivity index (χ0v) is 15.6. The van der Waals surface area contributed by atoms with Crippen LogP contribution in [0.2, 0.25) is 0 Å². The molecule has 28 heavy (non-hydrogen) atoms. The number of nitrogens with one attached hydrogen (secondary N) is 2. The van der Waals surface area contributed by atoms with Crippen LogP contribution >= 0.6 is 0 Å². The van der Waals surface area contributed by atoms with Gasteiger partial charge in [-0.1, -0.05) is 30.3 Å². The third-order valence-corrected chi connectivity index (χ3v) is 4.40. The van der Waals surface area contributed by atoms with Gasteiger partial charge in [0.1, 0.15) is 12.1 Å². The molecule has 0 saturated carbocycles. The predicted molar refractivity (Wildman–Crippen MR) is 109 cm³/mol. The van der Waals surface area contributed by atoms with Crippen molar-refractivity contribution in [1.29, 1.82) is 0 Å². The molecule has 4 rings (SSSR count). The van der Waals surface area contributed by atoms with Gasteiger partial charge in [-0.3, -0.25) is 14.3 Å². The molecular weight excluding hydrogens is 352 g/mol. The number of hydrogen-bond donors (Lipinski definition) is 2. The lowest BCUT2D eigenvalue weighted by molar-refractivity contribution is -0.114. The Balaban J connectivity index is 1.61. The van der Waals surface area contributed by atoms with E-state index in [1.807, 2.05) is 41.0 Å². The largest absolute Gasteiger partial charge is 0.362 e. The molecule has 2 aromatic heterocycles. The van der Waals surface area contributed by atoms with E-state index >= 15 is 0 Å². The molecule has 2 aromatic carbocycles. The number of fused-ring (bicyclic) bond motifs is 1. The molecule has 1 atom stereocenters. The first-order valence-corrected chi connectivity index (χ1v) is 8.99. The van der Waals surface area contributed by atoms with Crippen molar-refractivity contribution >= 4 is 28.4 Å². The van der Waals surface area contributed by atoms with E-state index in [9.17, 15) is 4.79 Å². The highest BCUT2D eigenvalue weighted by atomic mass is 16.1. The van der Waals surface area contributed by atoms with E-state index in [-0.39, 0.29) is 11.9 Å². The molecule has 0 saturated heterocycles. The number of imidazole rings is 1. The highest BCUT2D eigenvalue weighted by Gasteiger charge is 2.10. The summed E-state index contributed by atoms with van der Waals surface area (Å²) in [6, 6.07) is 15.9. The quantitative estimate of drug-likeness (QED) is 0.554. The zero-order chi connectivity index (χ0) is 19.5. The van der Waals surface area contributed by atoms with Gasteiger partial charge in [0.25, 0.3) is 0 Å². The second kappa shape index (κ2) is 7.48. The molecule has 140 valence electrons. The maximum Gasteiger partial charge on any atom is 0.221 e. The fourth-order valence-corrected chi connectivity index (χ4v) is 3.06. The number of benzene rings is 2. The SMILES string of the molecule is CC(=O)Nc1ccc2c(c1)ncn2-c1cncc(N[C@@H](C)c2ccccc2)n1. The second-order valence-electron chi connectivity index (χ2n) is 6.54. The summed E-state index contributed by atoms with van der Waals surface area (Å²) in [5.41, 5.74) is 3.54. The maximum atomic E-state index is 11.2. The van der Waals surface area contributed by atoms with Gasteiger partial charge in [-0.2, -0.15) is 0 Å². The fourth-order valence-electron chi connectivity index (χ4n) is 3.06. The topological polar surface area (TPSA) is 84.7 Å². The Kier molecular flexibility index (Phi) is 4.72. The van der Waals surface area contributed by atoms with Gasteiger partial charge in [-0.05, 0) is 30.7 Å². The zero-order valence-electron chi connectivity index (χ0n) is 15.6. The molecule has 0 fully saturated rings. The third kappa shape index (κ3) is 3.68. The van der Waals surface area contributed by atoms with Crippen molar-refractivity contribution in [2.75, 3.05) is 10.6 Å². The van der Waals surface area contributed by atoms with Crippen molar-refractivity contribution in [1.82, 2.24) is 19.5 Å². The van der Waals surface area contributed by atoms with Crippen LogP contribution < -0.4 is 10.6 Å². The van der Waals surface area contributed by atoms with E-state index < -0.39 is 0 Å². The Morgan fingerprint density at radius 3 is 2.71 bits per heavy atom. The summed E-state index contributed by atoms with van der Waals surface area (Å²) >= 11 is 0. The summed E-state index contributed by atoms with van der Waals surface area (Å²) in [5, 5.41) is 6.15. The van der Waals surface area contributed by atoms with Gasteiger partial charge in [0.15, 0.2) is 5.82 Å². The lowest BCUT2D eigenvalue weighted by atomic mass is 10.1. The summed E-state index contributed by atoms with van der Waals surface area (Å²) in [6.45, 7) is 3.56. The van der Waals surface area contributed by atoms with Gasteiger partial charge in [0.05, 0.1) is 23.4 Å². The number of rotatable bonds is 5. The number of hydrogen-bond acceptors (Lipinski definition) is 5. The molecule has 2 heterocycles. The summed E-state index contributed by atoms with van der Waals surface area (Å²) in [4.78, 5) is 24.7. The molecule has 0 unspecified atom stereocenters. The normalized spacial score (nSPS) is 11.9. The molecule has 0 bridgehead atoms. The van der Waals surface area contributed by atoms with E-state index in [1.54, 1.807) is 18.7 Å². The maximum absolute atomic E-state index is 11.2. The smallest absolute Gasteiger partial charge is 0.221 e. The average Bonchev–Trinajstić information content (AvgIpc) is 3.11. The third-order valence-electron chi connectivity index (χ3n) is 4.40. The summed E-state index contributed by atoms with van der Waals surface area (Å²) < 4.78 is 1.87. The van der Waals surface area contributed by atoms with Crippen molar-refractivity contribution in [2.24, 2.45) is 0 Å². The van der Waals surface area contributed by atoms with Crippen LogP contribution in [0.25, 0.3) is 16.9 Å². The van der Waals surface area contributed by atoms with Gasteiger partial charge >= 0.3 is 0 Å². The van der Waals surface area contributed by atoms with Crippen LogP contribution in [0.15, 0.2) is 67.3 Å². The second-order valence-corrected chi connectivity index (χ2v) is 6.54. The van der Waals surface area contributed by atoms with E-state index in [1.165, 1.54) is 12.5 Å². The number of nitrogens with zero attached hydrogens (tertiary/aromatic N) is 4. The van der Waals surface area contributed by atoms with Gasteiger partial charge < -0.3 is 10.6 Å². The number of anilines is 2. The first kappa shape index (κ1) is 17.7. The molecule has 4 aromatic rings. The molecular formula is C21H20N6O. The Labute approximate surface area is 162 Å². The molecule has 7 nitrogen and oxygen atoms in total. The molecule has 0 aliphatic rings. The molecule has 7 heteroatoms. The van der Waals surface area contributed by atoms with E-state index in [0.29, 0.717) is 17.3 Å². The summed E-state index contributed by atoms with van der Waals surface area (Å²) in [5.74, 6) is 1.24. The first-order valence-electron chi connectivity index (χ1n) is 8.99. The number of carbonyl (C=O) groups excluding carboxylic acids is 1. The van der Waals surface area contributed by atoms with Crippen LogP contribution in [-0.2, 0) is 4.79 Å². The van der Waals surface area contributed by atoms with Crippen LogP contribution in [0.5, 0.6) is 0 Å². The predicted octanol–water partition coefficient (Wildman–Crippen LogP) is 3.95. The monoisotopic (exact) mass is 372 g/mol. The van der Waals surface area contributed by atoms with Gasteiger partial charge in [0, 0.05) is 18.7 Å². The lowest BCUT2D eigenvalue weighted by Gasteiger charge is -2.15. The standard InChI is InChI=1S/C21H20N6O/c1-14(16-6-4-3-5-7-16)24-20-11-22-12-21(26-20)27-13-23-18-10-17(25-15(2)28)8-9-19(18)27/h3-14H,1-2H3,(H,24,26)(H,25,28)/t14-/m0/s1. The van der Waals surface area contributed by atoms with Crippen molar-refractivity contribution < 1.29 is 4.79 Å². The Hall–Kier alpha value is -3.74. The van der Waals surface area contributed by atoms with Crippen molar-refractivity contribution in [3.8, 4) is 5.82 Å². The van der Waals surface area contributed by atoms with Crippen LogP contribution in [0.3, 0.4) is 0 Å². The minimum atomic E-state index is -0.115. The fraction of sp³-hybridized carbons (Fsp3) is 0.143. The highest BCUT2D eigenvalue weighted by Crippen LogP contribution is 2.22. The van der Waals surface area contributed by atoms with Gasteiger partial charge in [-0.25, -0.2) is 9.97 Å². The molecule has 0 aliphatic heterocycles. The minimum absolute atomic E-state index is 0.102. The number of carbonyl (C=O) groups is 1. The Bertz CT molecular complexity index is 1120. The Morgan fingerprint density at radius 2 is 1.93 bits per heavy atom. The molecule has 2 N–H and O–H groups in total. The number of aromatic nitrogens is 4. The van der Waals surface area contributed by atoms with E-state index in [2.05, 4.69) is 44.6 Å². The first-order chi connectivity index (χ1) is 13.6. The molecule has 0 spiro atoms. The highest BCUT2D eigenvalue weighted by molar-refractivity contribution is 5.91. The molecule has 1 amide bonds. The Morgan fingerprint density at radius 1 is 1.11 bits per heavy atom.